The first kappa shape index (κ1) is 21.7. The zero-order chi connectivity index (χ0) is 23.7. The van der Waals surface area contributed by atoms with Gasteiger partial charge in [0.2, 0.25) is 5.91 Å². The van der Waals surface area contributed by atoms with Crippen LogP contribution in [0.25, 0.3) is 22.2 Å². The van der Waals surface area contributed by atoms with Gasteiger partial charge in [0.1, 0.15) is 12.4 Å². The normalized spacial score (nSPS) is 17.8. The second kappa shape index (κ2) is 9.07. The van der Waals surface area contributed by atoms with E-state index < -0.39 is 0 Å². The number of anilines is 1. The number of pyridine rings is 1. The molecule has 0 N–H and O–H groups in total. The van der Waals surface area contributed by atoms with Gasteiger partial charge < -0.3 is 14.5 Å². The number of hydrogen-bond acceptors (Lipinski definition) is 6. The first-order chi connectivity index (χ1) is 17.2. The predicted octanol–water partition coefficient (Wildman–Crippen LogP) is 4.09. The first-order valence-electron chi connectivity index (χ1n) is 12.0. The minimum atomic E-state index is -0.305. The van der Waals surface area contributed by atoms with E-state index in [1.54, 1.807) is 6.20 Å². The number of morpholine rings is 1. The van der Waals surface area contributed by atoms with Gasteiger partial charge in [0.05, 0.1) is 29.4 Å². The summed E-state index contributed by atoms with van der Waals surface area (Å²) >= 11 is 0. The van der Waals surface area contributed by atoms with Gasteiger partial charge >= 0.3 is 0 Å². The van der Waals surface area contributed by atoms with Gasteiger partial charge in [0.15, 0.2) is 0 Å². The van der Waals surface area contributed by atoms with Crippen molar-refractivity contribution in [1.82, 2.24) is 19.9 Å². The Morgan fingerprint density at radius 2 is 1.74 bits per heavy atom. The maximum Gasteiger partial charge on any atom is 0.249 e. The summed E-state index contributed by atoms with van der Waals surface area (Å²) in [5, 5.41) is 0. The summed E-state index contributed by atoms with van der Waals surface area (Å²) in [6.07, 6.45) is 7.15. The van der Waals surface area contributed by atoms with E-state index in [0.717, 1.165) is 59.5 Å². The van der Waals surface area contributed by atoms with Crippen LogP contribution >= 0.6 is 0 Å². The van der Waals surface area contributed by atoms with E-state index in [1.165, 1.54) is 0 Å². The molecule has 0 radical (unpaired) electrons. The van der Waals surface area contributed by atoms with Crippen LogP contribution in [0.3, 0.4) is 0 Å². The van der Waals surface area contributed by atoms with E-state index in [0.29, 0.717) is 13.2 Å². The molecular formula is C28H27N5O2. The molecule has 2 aromatic heterocycles. The number of hydrogen-bond donors (Lipinski definition) is 0. The molecule has 7 heteroatoms. The van der Waals surface area contributed by atoms with Gasteiger partial charge in [-0.05, 0) is 53.8 Å². The molecule has 2 fully saturated rings. The lowest BCUT2D eigenvalue weighted by Crippen LogP contribution is -2.63. The molecule has 176 valence electrons. The standard InChI is InChI=1S/C28H27N5O2/c34-27-19-35-20-28(33(27)18-21-5-3-6-22(15-21)23-7-4-12-29-16-23)10-13-32(14-11-28)26-17-30-24-8-1-2-9-25(24)31-26/h1-9,12,15-17H,10-11,13-14,18-20H2. The summed E-state index contributed by atoms with van der Waals surface area (Å²) < 4.78 is 5.79. The molecule has 35 heavy (non-hydrogen) atoms. The summed E-state index contributed by atoms with van der Waals surface area (Å²) in [7, 11) is 0. The lowest BCUT2D eigenvalue weighted by Gasteiger charge is -2.51. The number of nitrogens with zero attached hydrogens (tertiary/aromatic N) is 5. The number of para-hydroxylation sites is 2. The van der Waals surface area contributed by atoms with Crippen LogP contribution in [0.15, 0.2) is 79.3 Å². The third-order valence-electron chi connectivity index (χ3n) is 7.19. The molecule has 1 spiro atoms. The summed E-state index contributed by atoms with van der Waals surface area (Å²) in [4.78, 5) is 31.0. The van der Waals surface area contributed by atoms with Crippen LogP contribution in [0, 0.1) is 0 Å². The molecule has 0 aliphatic carbocycles. The van der Waals surface area contributed by atoms with Crippen LogP contribution in [0.2, 0.25) is 0 Å². The molecule has 6 rings (SSSR count). The molecule has 2 aliphatic heterocycles. The topological polar surface area (TPSA) is 71.5 Å². The predicted molar refractivity (Wildman–Crippen MR) is 135 cm³/mol. The van der Waals surface area contributed by atoms with Crippen molar-refractivity contribution in [1.29, 1.82) is 0 Å². The van der Waals surface area contributed by atoms with Gasteiger partial charge in [-0.3, -0.25) is 14.8 Å². The second-order valence-corrected chi connectivity index (χ2v) is 9.34. The molecular weight excluding hydrogens is 438 g/mol. The third kappa shape index (κ3) is 4.23. The minimum Gasteiger partial charge on any atom is -0.369 e. The van der Waals surface area contributed by atoms with Crippen LogP contribution in [-0.2, 0) is 16.1 Å². The zero-order valence-electron chi connectivity index (χ0n) is 19.5. The van der Waals surface area contributed by atoms with Crippen molar-refractivity contribution in [2.45, 2.75) is 24.9 Å². The fourth-order valence-corrected chi connectivity index (χ4v) is 5.24. The fourth-order valence-electron chi connectivity index (χ4n) is 5.24. The average Bonchev–Trinajstić information content (AvgIpc) is 2.92. The molecule has 0 saturated carbocycles. The number of carbonyl (C=O) groups is 1. The van der Waals surface area contributed by atoms with E-state index in [1.807, 2.05) is 42.7 Å². The second-order valence-electron chi connectivity index (χ2n) is 9.34. The largest absolute Gasteiger partial charge is 0.369 e. The molecule has 4 aromatic rings. The fraction of sp³-hybridized carbons (Fsp3) is 0.286. The molecule has 2 saturated heterocycles. The van der Waals surface area contributed by atoms with Crippen molar-refractivity contribution in [3.63, 3.8) is 0 Å². The van der Waals surface area contributed by atoms with Crippen molar-refractivity contribution in [2.24, 2.45) is 0 Å². The smallest absolute Gasteiger partial charge is 0.249 e. The van der Waals surface area contributed by atoms with Gasteiger partial charge in [-0.1, -0.05) is 36.4 Å². The molecule has 0 atom stereocenters. The van der Waals surface area contributed by atoms with E-state index in [2.05, 4.69) is 50.1 Å². The Bertz CT molecular complexity index is 1350. The highest BCUT2D eigenvalue weighted by Gasteiger charge is 2.45. The van der Waals surface area contributed by atoms with Gasteiger partial charge in [-0.15, -0.1) is 0 Å². The lowest BCUT2D eigenvalue weighted by atomic mass is 9.84. The van der Waals surface area contributed by atoms with Crippen LogP contribution in [0.4, 0.5) is 5.82 Å². The first-order valence-corrected chi connectivity index (χ1v) is 12.0. The SMILES string of the molecule is O=C1COCC2(CCN(c3cnc4ccccc4n3)CC2)N1Cc1cccc(-c2cccnc2)c1. The number of ether oxygens (including phenoxy) is 1. The van der Waals surface area contributed by atoms with Crippen LogP contribution in [-0.4, -0.2) is 57.6 Å². The Kier molecular flexibility index (Phi) is 5.62. The molecule has 1 amide bonds. The molecule has 4 heterocycles. The van der Waals surface area contributed by atoms with Gasteiger partial charge in [0.25, 0.3) is 0 Å². The molecule has 2 aromatic carbocycles. The molecule has 0 bridgehead atoms. The van der Waals surface area contributed by atoms with Crippen molar-refractivity contribution >= 4 is 22.8 Å². The van der Waals surface area contributed by atoms with Crippen molar-refractivity contribution in [3.05, 3.63) is 84.8 Å². The number of fused-ring (bicyclic) bond motifs is 1. The van der Waals surface area contributed by atoms with Crippen LogP contribution in [0.1, 0.15) is 18.4 Å². The van der Waals surface area contributed by atoms with Gasteiger partial charge in [-0.2, -0.15) is 0 Å². The summed E-state index contributed by atoms with van der Waals surface area (Å²) in [5.41, 5.74) is 4.79. The van der Waals surface area contributed by atoms with Gasteiger partial charge in [-0.25, -0.2) is 4.98 Å². The van der Waals surface area contributed by atoms with Crippen LogP contribution < -0.4 is 4.90 Å². The van der Waals surface area contributed by atoms with E-state index in [9.17, 15) is 4.79 Å². The van der Waals surface area contributed by atoms with Crippen molar-refractivity contribution in [2.75, 3.05) is 31.2 Å². The highest BCUT2D eigenvalue weighted by atomic mass is 16.5. The molecule has 0 unspecified atom stereocenters. The zero-order valence-corrected chi connectivity index (χ0v) is 19.5. The highest BCUT2D eigenvalue weighted by molar-refractivity contribution is 5.79. The average molecular weight is 466 g/mol. The number of amides is 1. The maximum atomic E-state index is 13.1. The van der Waals surface area contributed by atoms with Crippen LogP contribution in [0.5, 0.6) is 0 Å². The number of rotatable bonds is 4. The van der Waals surface area contributed by atoms with E-state index in [-0.39, 0.29) is 18.1 Å². The van der Waals surface area contributed by atoms with Gasteiger partial charge in [0, 0.05) is 32.0 Å². The van der Waals surface area contributed by atoms with E-state index >= 15 is 0 Å². The Morgan fingerprint density at radius 1 is 0.914 bits per heavy atom. The summed E-state index contributed by atoms with van der Waals surface area (Å²) in [5.74, 6) is 0.944. The van der Waals surface area contributed by atoms with E-state index in [4.69, 9.17) is 9.72 Å². The Hall–Kier alpha value is -3.84. The van der Waals surface area contributed by atoms with Crippen molar-refractivity contribution < 1.29 is 9.53 Å². The Balaban J connectivity index is 1.22. The Morgan fingerprint density at radius 3 is 2.57 bits per heavy atom. The monoisotopic (exact) mass is 465 g/mol. The Labute approximate surface area is 204 Å². The maximum absolute atomic E-state index is 13.1. The highest BCUT2D eigenvalue weighted by Crippen LogP contribution is 2.35. The quantitative estimate of drug-likeness (QED) is 0.452. The number of aromatic nitrogens is 3. The van der Waals surface area contributed by atoms with Crippen molar-refractivity contribution in [3.8, 4) is 11.1 Å². The lowest BCUT2D eigenvalue weighted by molar-refractivity contribution is -0.161. The number of benzene rings is 2. The third-order valence-corrected chi connectivity index (χ3v) is 7.19. The minimum absolute atomic E-state index is 0.0574. The number of piperidine rings is 1. The summed E-state index contributed by atoms with van der Waals surface area (Å²) in [6, 6.07) is 20.3. The molecule has 7 nitrogen and oxygen atoms in total. The summed E-state index contributed by atoms with van der Waals surface area (Å²) in [6.45, 7) is 2.89. The number of carbonyl (C=O) groups excluding carboxylic acids is 1. The molecule has 2 aliphatic rings.